The molecule has 1 aliphatic heterocycles. The first-order chi connectivity index (χ1) is 14.0. The van der Waals surface area contributed by atoms with Crippen LogP contribution in [0.25, 0.3) is 6.08 Å². The van der Waals surface area contributed by atoms with Crippen molar-refractivity contribution in [1.29, 1.82) is 0 Å². The van der Waals surface area contributed by atoms with E-state index in [9.17, 15) is 14.0 Å². The Hall–Kier alpha value is -3.23. The molecule has 0 saturated heterocycles. The van der Waals surface area contributed by atoms with E-state index in [-0.39, 0.29) is 24.8 Å². The van der Waals surface area contributed by atoms with E-state index >= 15 is 0 Å². The first kappa shape index (κ1) is 20.5. The van der Waals surface area contributed by atoms with Crippen molar-refractivity contribution in [3.05, 3.63) is 65.7 Å². The Kier molecular flexibility index (Phi) is 6.58. The summed E-state index contributed by atoms with van der Waals surface area (Å²) in [6, 6.07) is 12.7. The van der Waals surface area contributed by atoms with Crippen molar-refractivity contribution in [1.82, 2.24) is 5.32 Å². The molecule has 0 fully saturated rings. The Labute approximate surface area is 167 Å². The highest BCUT2D eigenvalue weighted by Gasteiger charge is 2.31. The number of benzene rings is 2. The van der Waals surface area contributed by atoms with Gasteiger partial charge in [0.1, 0.15) is 12.4 Å². The fourth-order valence-corrected chi connectivity index (χ4v) is 2.83. The van der Waals surface area contributed by atoms with Crippen LogP contribution < -0.4 is 15.0 Å². The Morgan fingerprint density at radius 2 is 1.97 bits per heavy atom. The number of anilines is 1. The van der Waals surface area contributed by atoms with E-state index in [0.29, 0.717) is 17.0 Å². The van der Waals surface area contributed by atoms with E-state index in [4.69, 9.17) is 14.2 Å². The summed E-state index contributed by atoms with van der Waals surface area (Å²) in [6.07, 6.45) is 0.855. The van der Waals surface area contributed by atoms with Crippen molar-refractivity contribution in [2.24, 2.45) is 0 Å². The molecule has 3 rings (SSSR count). The smallest absolute Gasteiger partial charge is 0.294 e. The van der Waals surface area contributed by atoms with Crippen LogP contribution in [-0.2, 0) is 19.1 Å². The van der Waals surface area contributed by atoms with E-state index in [1.807, 2.05) is 0 Å². The molecule has 0 radical (unpaired) electrons. The average Bonchev–Trinajstić information content (AvgIpc) is 2.72. The lowest BCUT2D eigenvalue weighted by Gasteiger charge is -2.30. The van der Waals surface area contributed by atoms with Gasteiger partial charge >= 0.3 is 0 Å². The monoisotopic (exact) mass is 400 g/mol. The van der Waals surface area contributed by atoms with Crippen LogP contribution in [0, 0.1) is 5.82 Å². The minimum absolute atomic E-state index is 0.00578. The SMILES string of the molecule is COC(CNC(=O)CN1C(=O)/C(=C\c2cccc(F)c2)Oc2ccccc21)OC. The molecule has 0 bridgehead atoms. The summed E-state index contributed by atoms with van der Waals surface area (Å²) in [6.45, 7) is -0.0855. The fraction of sp³-hybridized carbons (Fsp3) is 0.238. The summed E-state index contributed by atoms with van der Waals surface area (Å²) in [5.41, 5.74) is 0.944. The van der Waals surface area contributed by atoms with Gasteiger partial charge in [-0.1, -0.05) is 24.3 Å². The van der Waals surface area contributed by atoms with E-state index in [1.165, 1.54) is 43.4 Å². The number of hydrogen-bond acceptors (Lipinski definition) is 5. The summed E-state index contributed by atoms with van der Waals surface area (Å²) >= 11 is 0. The number of nitrogens with one attached hydrogen (secondary N) is 1. The van der Waals surface area contributed by atoms with Crippen LogP contribution in [0.15, 0.2) is 54.3 Å². The Bertz CT molecular complexity index is 927. The fourth-order valence-electron chi connectivity index (χ4n) is 2.83. The van der Waals surface area contributed by atoms with Crippen LogP contribution in [0.1, 0.15) is 5.56 Å². The minimum atomic E-state index is -0.588. The molecule has 0 atom stereocenters. The summed E-state index contributed by atoms with van der Waals surface area (Å²) in [7, 11) is 2.93. The average molecular weight is 400 g/mol. The molecule has 0 aromatic heterocycles. The lowest BCUT2D eigenvalue weighted by molar-refractivity contribution is -0.127. The number of amides is 2. The molecule has 1 aliphatic rings. The van der Waals surface area contributed by atoms with Gasteiger partial charge in [-0.2, -0.15) is 0 Å². The number of hydrogen-bond donors (Lipinski definition) is 1. The zero-order valence-electron chi connectivity index (χ0n) is 16.1. The highest BCUT2D eigenvalue weighted by Crippen LogP contribution is 2.35. The van der Waals surface area contributed by atoms with Crippen molar-refractivity contribution in [3.63, 3.8) is 0 Å². The summed E-state index contributed by atoms with van der Waals surface area (Å²) in [4.78, 5) is 26.7. The van der Waals surface area contributed by atoms with Gasteiger partial charge in [0.05, 0.1) is 12.2 Å². The normalized spacial score (nSPS) is 14.7. The number of carbonyl (C=O) groups excluding carboxylic acids is 2. The van der Waals surface area contributed by atoms with Crippen LogP contribution >= 0.6 is 0 Å². The maximum absolute atomic E-state index is 13.5. The van der Waals surface area contributed by atoms with Gasteiger partial charge in [-0.25, -0.2) is 4.39 Å². The van der Waals surface area contributed by atoms with Crippen LogP contribution in [0.3, 0.4) is 0 Å². The quantitative estimate of drug-likeness (QED) is 0.570. The molecule has 0 saturated carbocycles. The van der Waals surface area contributed by atoms with Gasteiger partial charge in [0.25, 0.3) is 5.91 Å². The third-order valence-electron chi connectivity index (χ3n) is 4.27. The molecule has 2 aromatic rings. The van der Waals surface area contributed by atoms with Crippen molar-refractivity contribution >= 4 is 23.6 Å². The molecule has 8 heteroatoms. The van der Waals surface area contributed by atoms with E-state index in [1.54, 1.807) is 30.3 Å². The molecule has 7 nitrogen and oxygen atoms in total. The lowest BCUT2D eigenvalue weighted by Crippen LogP contribution is -2.45. The number of carbonyl (C=O) groups is 2. The maximum atomic E-state index is 13.5. The van der Waals surface area contributed by atoms with Crippen LogP contribution in [-0.4, -0.2) is 45.4 Å². The van der Waals surface area contributed by atoms with Gasteiger partial charge in [-0.3, -0.25) is 14.5 Å². The predicted octanol–water partition coefficient (Wildman–Crippen LogP) is 2.33. The Morgan fingerprint density at radius 1 is 1.21 bits per heavy atom. The van der Waals surface area contributed by atoms with Crippen molar-refractivity contribution in [2.75, 3.05) is 32.2 Å². The van der Waals surface area contributed by atoms with Crippen LogP contribution in [0.2, 0.25) is 0 Å². The minimum Gasteiger partial charge on any atom is -0.449 e. The maximum Gasteiger partial charge on any atom is 0.294 e. The van der Waals surface area contributed by atoms with Crippen molar-refractivity contribution < 1.29 is 28.2 Å². The number of methoxy groups -OCH3 is 2. The molecule has 2 amide bonds. The Balaban J connectivity index is 1.83. The molecule has 0 unspecified atom stereocenters. The van der Waals surface area contributed by atoms with Crippen LogP contribution in [0.4, 0.5) is 10.1 Å². The number of para-hydroxylation sites is 2. The molecule has 29 heavy (non-hydrogen) atoms. The zero-order valence-corrected chi connectivity index (χ0v) is 16.1. The second-order valence-corrected chi connectivity index (χ2v) is 6.23. The van der Waals surface area contributed by atoms with Gasteiger partial charge < -0.3 is 19.5 Å². The van der Waals surface area contributed by atoms with E-state index in [0.717, 1.165) is 0 Å². The van der Waals surface area contributed by atoms with Gasteiger partial charge in [-0.15, -0.1) is 0 Å². The predicted molar refractivity (Wildman–Crippen MR) is 105 cm³/mol. The number of fused-ring (bicyclic) bond motifs is 1. The van der Waals surface area contributed by atoms with Crippen LogP contribution in [0.5, 0.6) is 5.75 Å². The number of rotatable bonds is 7. The molecule has 0 aliphatic carbocycles. The second kappa shape index (κ2) is 9.31. The van der Waals surface area contributed by atoms with E-state index in [2.05, 4.69) is 5.32 Å². The number of nitrogens with zero attached hydrogens (tertiary/aromatic N) is 1. The summed E-state index contributed by atoms with van der Waals surface area (Å²) in [5.74, 6) is -0.898. The summed E-state index contributed by atoms with van der Waals surface area (Å²) in [5, 5.41) is 2.66. The molecule has 152 valence electrons. The molecule has 2 aromatic carbocycles. The van der Waals surface area contributed by atoms with Crippen molar-refractivity contribution in [2.45, 2.75) is 6.29 Å². The standard InChI is InChI=1S/C21H21FN2O5/c1-27-20(28-2)12-23-19(25)13-24-16-8-3-4-9-17(16)29-18(21(24)26)11-14-6-5-7-15(22)10-14/h3-11,20H,12-13H2,1-2H3,(H,23,25)/b18-11+. The molecule has 1 N–H and O–H groups in total. The molecule has 0 spiro atoms. The highest BCUT2D eigenvalue weighted by atomic mass is 19.1. The largest absolute Gasteiger partial charge is 0.449 e. The van der Waals surface area contributed by atoms with Gasteiger partial charge in [-0.05, 0) is 35.9 Å². The highest BCUT2D eigenvalue weighted by molar-refractivity contribution is 6.12. The summed E-state index contributed by atoms with van der Waals surface area (Å²) < 4.78 is 29.3. The third kappa shape index (κ3) is 4.98. The second-order valence-electron chi connectivity index (χ2n) is 6.23. The molecular weight excluding hydrogens is 379 g/mol. The van der Waals surface area contributed by atoms with Crippen molar-refractivity contribution in [3.8, 4) is 5.75 Å². The lowest BCUT2D eigenvalue weighted by atomic mass is 10.1. The van der Waals surface area contributed by atoms with Gasteiger partial charge in [0.2, 0.25) is 5.91 Å². The van der Waals surface area contributed by atoms with Gasteiger partial charge in [0, 0.05) is 14.2 Å². The Morgan fingerprint density at radius 3 is 2.69 bits per heavy atom. The molecule has 1 heterocycles. The molecular formula is C21H21FN2O5. The number of ether oxygens (including phenoxy) is 3. The first-order valence-electron chi connectivity index (χ1n) is 8.90. The number of halogens is 1. The topological polar surface area (TPSA) is 77.1 Å². The van der Waals surface area contributed by atoms with E-state index < -0.39 is 18.0 Å². The zero-order chi connectivity index (χ0) is 20.8. The first-order valence-corrected chi connectivity index (χ1v) is 8.90. The third-order valence-corrected chi connectivity index (χ3v) is 4.27. The van der Waals surface area contributed by atoms with Gasteiger partial charge in [0.15, 0.2) is 17.8 Å².